The van der Waals surface area contributed by atoms with Crippen molar-refractivity contribution in [1.29, 1.82) is 0 Å². The zero-order valence-corrected chi connectivity index (χ0v) is 20.7. The van der Waals surface area contributed by atoms with Crippen LogP contribution in [0, 0.1) is 21.0 Å². The Kier molecular flexibility index (Phi) is 9.13. The highest BCUT2D eigenvalue weighted by molar-refractivity contribution is 14.1. The first-order chi connectivity index (χ1) is 14.0. The van der Waals surface area contributed by atoms with E-state index in [1.165, 1.54) is 12.2 Å². The van der Waals surface area contributed by atoms with Crippen molar-refractivity contribution in [3.05, 3.63) is 77.3 Å². The van der Waals surface area contributed by atoms with Gasteiger partial charge in [0.2, 0.25) is 0 Å². The molecule has 4 atom stereocenters. The van der Waals surface area contributed by atoms with E-state index in [9.17, 15) is 30.6 Å². The molecule has 162 valence electrons. The summed E-state index contributed by atoms with van der Waals surface area (Å²) in [5.74, 6) is -1.16. The molecular formula is C22H24I2O6. The van der Waals surface area contributed by atoms with Crippen molar-refractivity contribution in [2.45, 2.75) is 38.3 Å². The minimum atomic E-state index is -1.94. The lowest BCUT2D eigenvalue weighted by molar-refractivity contribution is -0.0996. The Morgan fingerprint density at radius 2 is 1.03 bits per heavy atom. The van der Waals surface area contributed by atoms with Crippen molar-refractivity contribution in [2.75, 3.05) is 0 Å². The predicted molar refractivity (Wildman–Crippen MR) is 133 cm³/mol. The van der Waals surface area contributed by atoms with Crippen LogP contribution in [0.5, 0.6) is 0 Å². The van der Waals surface area contributed by atoms with Crippen LogP contribution in [-0.2, 0) is 0 Å². The summed E-state index contributed by atoms with van der Waals surface area (Å²) in [6, 6.07) is 10.7. The molecule has 0 amide bonds. The SMILES string of the molecule is Cc1ccc(C=C(O)[C@@H](O)[C@@H](O)[C@H](O)[C@@H](O)C(O)=Cc2ccc(C)c(I)c2)cc1I. The molecule has 2 rings (SSSR count). The summed E-state index contributed by atoms with van der Waals surface area (Å²) >= 11 is 4.27. The maximum atomic E-state index is 10.2. The van der Waals surface area contributed by atoms with Crippen molar-refractivity contribution in [2.24, 2.45) is 0 Å². The Morgan fingerprint density at radius 3 is 1.33 bits per heavy atom. The summed E-state index contributed by atoms with van der Waals surface area (Å²) in [7, 11) is 0. The summed E-state index contributed by atoms with van der Waals surface area (Å²) < 4.78 is 1.92. The average Bonchev–Trinajstić information content (AvgIpc) is 2.71. The zero-order chi connectivity index (χ0) is 22.6. The molecule has 0 radical (unpaired) electrons. The Balaban J connectivity index is 2.14. The van der Waals surface area contributed by atoms with Gasteiger partial charge < -0.3 is 30.6 Å². The largest absolute Gasteiger partial charge is 0.509 e. The van der Waals surface area contributed by atoms with E-state index in [4.69, 9.17) is 0 Å². The van der Waals surface area contributed by atoms with Gasteiger partial charge in [0.15, 0.2) is 0 Å². The van der Waals surface area contributed by atoms with Crippen LogP contribution in [0.15, 0.2) is 47.9 Å². The molecular weight excluding hydrogens is 614 g/mol. The van der Waals surface area contributed by atoms with Crippen LogP contribution in [0.2, 0.25) is 0 Å². The number of halogens is 2. The second kappa shape index (κ2) is 10.9. The molecule has 0 saturated carbocycles. The second-order valence-electron chi connectivity index (χ2n) is 7.03. The highest BCUT2D eigenvalue weighted by Gasteiger charge is 2.34. The maximum absolute atomic E-state index is 10.2. The van der Waals surface area contributed by atoms with Gasteiger partial charge in [-0.25, -0.2) is 0 Å². The summed E-state index contributed by atoms with van der Waals surface area (Å²) in [6.45, 7) is 3.87. The number of benzene rings is 2. The summed E-state index contributed by atoms with van der Waals surface area (Å²) in [5, 5.41) is 61.0. The molecule has 2 aromatic rings. The van der Waals surface area contributed by atoms with Gasteiger partial charge in [0.25, 0.3) is 0 Å². The number of aryl methyl sites for hydroxylation is 2. The van der Waals surface area contributed by atoms with Gasteiger partial charge in [-0.3, -0.25) is 0 Å². The van der Waals surface area contributed by atoms with Gasteiger partial charge in [0, 0.05) is 7.14 Å². The molecule has 0 heterocycles. The minimum Gasteiger partial charge on any atom is -0.509 e. The van der Waals surface area contributed by atoms with Gasteiger partial charge in [-0.1, -0.05) is 24.3 Å². The molecule has 2 aromatic carbocycles. The van der Waals surface area contributed by atoms with Crippen LogP contribution < -0.4 is 0 Å². The number of hydrogen-bond acceptors (Lipinski definition) is 6. The van der Waals surface area contributed by atoms with Gasteiger partial charge in [0.1, 0.15) is 35.9 Å². The van der Waals surface area contributed by atoms with Gasteiger partial charge in [0.05, 0.1) is 0 Å². The molecule has 0 saturated heterocycles. The monoisotopic (exact) mass is 638 g/mol. The Morgan fingerprint density at radius 1 is 0.700 bits per heavy atom. The van der Waals surface area contributed by atoms with Crippen molar-refractivity contribution in [3.63, 3.8) is 0 Å². The van der Waals surface area contributed by atoms with Crippen molar-refractivity contribution >= 4 is 57.3 Å². The molecule has 0 bridgehead atoms. The fourth-order valence-electron chi connectivity index (χ4n) is 2.63. The number of aliphatic hydroxyl groups excluding tert-OH is 6. The molecule has 0 aliphatic rings. The molecule has 0 aliphatic carbocycles. The Labute approximate surface area is 202 Å². The summed E-state index contributed by atoms with van der Waals surface area (Å²) in [6.07, 6.45) is -5.07. The van der Waals surface area contributed by atoms with Crippen molar-refractivity contribution in [3.8, 4) is 0 Å². The van der Waals surface area contributed by atoms with E-state index >= 15 is 0 Å². The quantitative estimate of drug-likeness (QED) is 0.204. The maximum Gasteiger partial charge on any atom is 0.139 e. The highest BCUT2D eigenvalue weighted by atomic mass is 127. The summed E-state index contributed by atoms with van der Waals surface area (Å²) in [5.41, 5.74) is 3.30. The van der Waals surface area contributed by atoms with Crippen LogP contribution in [0.3, 0.4) is 0 Å². The molecule has 0 spiro atoms. The second-order valence-corrected chi connectivity index (χ2v) is 9.35. The lowest BCUT2D eigenvalue weighted by Crippen LogP contribution is -2.45. The van der Waals surface area contributed by atoms with E-state index in [1.54, 1.807) is 24.3 Å². The van der Waals surface area contributed by atoms with E-state index in [2.05, 4.69) is 45.2 Å². The third-order valence-electron chi connectivity index (χ3n) is 4.62. The van der Waals surface area contributed by atoms with Crippen molar-refractivity contribution < 1.29 is 30.6 Å². The first-order valence-electron chi connectivity index (χ1n) is 9.07. The molecule has 0 fully saturated rings. The normalized spacial score (nSPS) is 16.8. The van der Waals surface area contributed by atoms with Crippen LogP contribution in [0.4, 0.5) is 0 Å². The first-order valence-corrected chi connectivity index (χ1v) is 11.2. The lowest BCUT2D eigenvalue weighted by atomic mass is 9.98. The van der Waals surface area contributed by atoms with Gasteiger partial charge in [-0.15, -0.1) is 0 Å². The van der Waals surface area contributed by atoms with Crippen molar-refractivity contribution in [1.82, 2.24) is 0 Å². The number of aliphatic hydroxyl groups is 6. The van der Waals surface area contributed by atoms with Crippen LogP contribution in [0.1, 0.15) is 22.3 Å². The molecule has 8 heteroatoms. The molecule has 0 unspecified atom stereocenters. The van der Waals surface area contributed by atoms with Crippen LogP contribution in [-0.4, -0.2) is 55.1 Å². The minimum absolute atomic E-state index is 0.579. The fourth-order valence-corrected chi connectivity index (χ4v) is 3.71. The van der Waals surface area contributed by atoms with E-state index in [-0.39, 0.29) is 0 Å². The molecule has 0 aromatic heterocycles. The number of rotatable bonds is 7. The van der Waals surface area contributed by atoms with Crippen LogP contribution >= 0.6 is 45.2 Å². The smallest absolute Gasteiger partial charge is 0.139 e. The fraction of sp³-hybridized carbons (Fsp3) is 0.273. The summed E-state index contributed by atoms with van der Waals surface area (Å²) in [4.78, 5) is 0. The topological polar surface area (TPSA) is 121 Å². The zero-order valence-electron chi connectivity index (χ0n) is 16.4. The molecule has 0 aliphatic heterocycles. The van der Waals surface area contributed by atoms with Gasteiger partial charge in [-0.05, 0) is 106 Å². The average molecular weight is 638 g/mol. The number of hydrogen-bond donors (Lipinski definition) is 6. The van der Waals surface area contributed by atoms with E-state index in [0.29, 0.717) is 11.1 Å². The van der Waals surface area contributed by atoms with E-state index < -0.39 is 35.9 Å². The predicted octanol–water partition coefficient (Wildman–Crippen LogP) is 3.45. The molecule has 6 nitrogen and oxygen atoms in total. The standard InChI is InChI=1S/C22H24I2O6/c1-11-3-5-13(7-15(11)23)9-17(25)19(27)21(29)22(30)20(28)18(26)10-14-6-4-12(2)16(24)8-14/h3-10,19-22,25-30H,1-2H3/t19-,20+,21-,22-/m1/s1. The Bertz CT molecular complexity index is 879. The van der Waals surface area contributed by atoms with E-state index in [1.807, 2.05) is 26.0 Å². The molecule has 6 N–H and O–H groups in total. The third kappa shape index (κ3) is 6.41. The van der Waals surface area contributed by atoms with Gasteiger partial charge >= 0.3 is 0 Å². The lowest BCUT2D eigenvalue weighted by Gasteiger charge is -2.26. The first kappa shape index (κ1) is 25.1. The van der Waals surface area contributed by atoms with Crippen LogP contribution in [0.25, 0.3) is 12.2 Å². The Hall–Kier alpha value is -1.18. The third-order valence-corrected chi connectivity index (χ3v) is 6.95. The molecule has 30 heavy (non-hydrogen) atoms. The highest BCUT2D eigenvalue weighted by Crippen LogP contribution is 2.21. The van der Waals surface area contributed by atoms with Gasteiger partial charge in [-0.2, -0.15) is 0 Å². The van der Waals surface area contributed by atoms with E-state index in [0.717, 1.165) is 18.3 Å².